The number of nitrogens with zero attached hydrogens (tertiary/aromatic N) is 6. The lowest BCUT2D eigenvalue weighted by Gasteiger charge is -2.34. The van der Waals surface area contributed by atoms with Gasteiger partial charge in [0.2, 0.25) is 5.91 Å². The summed E-state index contributed by atoms with van der Waals surface area (Å²) in [6.45, 7) is 6.03. The molecule has 9 heteroatoms. The molecule has 0 saturated carbocycles. The molecular formula is C21H26N6O2S. The van der Waals surface area contributed by atoms with Gasteiger partial charge in [-0.3, -0.25) is 4.79 Å². The van der Waals surface area contributed by atoms with Crippen molar-refractivity contribution < 1.29 is 9.32 Å². The first-order valence-corrected chi connectivity index (χ1v) is 11.1. The number of hydrogen-bond acceptors (Lipinski definition) is 8. The van der Waals surface area contributed by atoms with Gasteiger partial charge < -0.3 is 14.3 Å². The molecule has 4 heterocycles. The third-order valence-corrected chi connectivity index (χ3v) is 6.26. The van der Waals surface area contributed by atoms with Gasteiger partial charge in [-0.15, -0.1) is 11.3 Å². The average molecular weight is 427 g/mol. The molecule has 30 heavy (non-hydrogen) atoms. The molecule has 1 aliphatic rings. The Morgan fingerprint density at radius 1 is 1.33 bits per heavy atom. The molecule has 1 fully saturated rings. The molecule has 0 atom stereocenters. The molecule has 1 aliphatic heterocycles. The maximum atomic E-state index is 12.9. The highest BCUT2D eigenvalue weighted by molar-refractivity contribution is 7.09. The summed E-state index contributed by atoms with van der Waals surface area (Å²) in [7, 11) is 1.89. The largest absolute Gasteiger partial charge is 0.356 e. The number of piperidine rings is 1. The maximum Gasteiger partial charge on any atom is 0.263 e. The number of amides is 1. The van der Waals surface area contributed by atoms with Crippen LogP contribution in [-0.2, 0) is 17.8 Å². The molecule has 4 rings (SSSR count). The number of carbonyl (C=O) groups is 1. The Morgan fingerprint density at radius 3 is 2.80 bits per heavy atom. The SMILES string of the molecule is CCc1noc(-c2cnc(C)nc2N2CCC(C(=O)N(C)Cc3cccs3)CC2)n1. The Labute approximate surface area is 179 Å². The second-order valence-electron chi connectivity index (χ2n) is 7.56. The van der Waals surface area contributed by atoms with Crippen molar-refractivity contribution in [1.29, 1.82) is 0 Å². The van der Waals surface area contributed by atoms with Crippen LogP contribution in [0.3, 0.4) is 0 Å². The molecular weight excluding hydrogens is 400 g/mol. The fourth-order valence-corrected chi connectivity index (χ4v) is 4.48. The fourth-order valence-electron chi connectivity index (χ4n) is 3.72. The first kappa shape index (κ1) is 20.5. The van der Waals surface area contributed by atoms with Gasteiger partial charge in [-0.1, -0.05) is 18.1 Å². The zero-order chi connectivity index (χ0) is 21.1. The highest BCUT2D eigenvalue weighted by Crippen LogP contribution is 2.31. The van der Waals surface area contributed by atoms with Crippen LogP contribution in [-0.4, -0.2) is 51.1 Å². The van der Waals surface area contributed by atoms with Crippen LogP contribution in [0.15, 0.2) is 28.2 Å². The van der Waals surface area contributed by atoms with E-state index in [2.05, 4.69) is 31.1 Å². The normalized spacial score (nSPS) is 14.8. The highest BCUT2D eigenvalue weighted by atomic mass is 32.1. The molecule has 1 amide bonds. The quantitative estimate of drug-likeness (QED) is 0.597. The minimum absolute atomic E-state index is 0.0349. The maximum absolute atomic E-state index is 12.9. The van der Waals surface area contributed by atoms with Crippen molar-refractivity contribution in [1.82, 2.24) is 25.0 Å². The number of anilines is 1. The molecule has 158 valence electrons. The zero-order valence-electron chi connectivity index (χ0n) is 17.5. The molecule has 1 saturated heterocycles. The van der Waals surface area contributed by atoms with E-state index in [0.717, 1.165) is 37.3 Å². The topological polar surface area (TPSA) is 88.2 Å². The van der Waals surface area contributed by atoms with E-state index in [1.165, 1.54) is 4.88 Å². The van der Waals surface area contributed by atoms with Gasteiger partial charge in [0.05, 0.1) is 6.54 Å². The fraction of sp³-hybridized carbons (Fsp3) is 0.476. The van der Waals surface area contributed by atoms with Crippen molar-refractivity contribution in [2.75, 3.05) is 25.0 Å². The third kappa shape index (κ3) is 4.35. The van der Waals surface area contributed by atoms with Crippen molar-refractivity contribution in [3.8, 4) is 11.5 Å². The van der Waals surface area contributed by atoms with Crippen LogP contribution >= 0.6 is 11.3 Å². The van der Waals surface area contributed by atoms with Crippen LogP contribution in [0.5, 0.6) is 0 Å². The van der Waals surface area contributed by atoms with Crippen LogP contribution in [0.2, 0.25) is 0 Å². The number of aromatic nitrogens is 4. The Balaban J connectivity index is 1.45. The second-order valence-corrected chi connectivity index (χ2v) is 8.59. The predicted molar refractivity (Wildman–Crippen MR) is 115 cm³/mol. The molecule has 0 spiro atoms. The molecule has 0 radical (unpaired) electrons. The number of rotatable bonds is 6. The summed E-state index contributed by atoms with van der Waals surface area (Å²) in [6.07, 6.45) is 4.04. The number of carbonyl (C=O) groups excluding carboxylic acids is 1. The third-order valence-electron chi connectivity index (χ3n) is 5.40. The van der Waals surface area contributed by atoms with Crippen LogP contribution in [0.1, 0.15) is 36.3 Å². The van der Waals surface area contributed by atoms with Crippen LogP contribution < -0.4 is 4.90 Å². The summed E-state index contributed by atoms with van der Waals surface area (Å²) >= 11 is 1.68. The van der Waals surface area contributed by atoms with Crippen molar-refractivity contribution in [3.05, 3.63) is 40.2 Å². The Kier molecular flexibility index (Phi) is 6.08. The molecule has 0 N–H and O–H groups in total. The molecule has 0 unspecified atom stereocenters. The van der Waals surface area contributed by atoms with Gasteiger partial charge in [0.15, 0.2) is 5.82 Å². The standard InChI is InChI=1S/C21H26N6O2S/c1-4-18-24-20(29-25-18)17-12-22-14(2)23-19(17)27-9-7-15(8-10-27)21(28)26(3)13-16-6-5-11-30-16/h5-6,11-12,15H,4,7-10,13H2,1-3H3. The second kappa shape index (κ2) is 8.91. The van der Waals surface area contributed by atoms with E-state index in [-0.39, 0.29) is 11.8 Å². The summed E-state index contributed by atoms with van der Waals surface area (Å²) in [5.41, 5.74) is 0.743. The molecule has 3 aromatic rings. The lowest BCUT2D eigenvalue weighted by Crippen LogP contribution is -2.41. The van der Waals surface area contributed by atoms with E-state index in [1.807, 2.05) is 37.2 Å². The highest BCUT2D eigenvalue weighted by Gasteiger charge is 2.30. The summed E-state index contributed by atoms with van der Waals surface area (Å²) in [4.78, 5) is 31.6. The van der Waals surface area contributed by atoms with Crippen LogP contribution in [0.4, 0.5) is 5.82 Å². The number of aryl methyl sites for hydroxylation is 2. The summed E-state index contributed by atoms with van der Waals surface area (Å²) in [5, 5.41) is 6.04. The van der Waals surface area contributed by atoms with E-state index < -0.39 is 0 Å². The number of thiophene rings is 1. The monoisotopic (exact) mass is 426 g/mol. The Bertz CT molecular complexity index is 995. The van der Waals surface area contributed by atoms with E-state index >= 15 is 0 Å². The van der Waals surface area contributed by atoms with Gasteiger partial charge >= 0.3 is 0 Å². The van der Waals surface area contributed by atoms with Gasteiger partial charge in [0, 0.05) is 43.5 Å². The van der Waals surface area contributed by atoms with Gasteiger partial charge in [-0.05, 0) is 31.2 Å². The number of hydrogen-bond donors (Lipinski definition) is 0. The molecule has 8 nitrogen and oxygen atoms in total. The summed E-state index contributed by atoms with van der Waals surface area (Å²) in [6, 6.07) is 4.09. The molecule has 0 aliphatic carbocycles. The first-order valence-electron chi connectivity index (χ1n) is 10.2. The lowest BCUT2D eigenvalue weighted by atomic mass is 9.95. The van der Waals surface area contributed by atoms with Gasteiger partial charge in [0.25, 0.3) is 5.89 Å². The lowest BCUT2D eigenvalue weighted by molar-refractivity contribution is -0.135. The smallest absolute Gasteiger partial charge is 0.263 e. The molecule has 3 aromatic heterocycles. The predicted octanol–water partition coefficient (Wildman–Crippen LogP) is 3.33. The van der Waals surface area contributed by atoms with Gasteiger partial charge in [0.1, 0.15) is 17.2 Å². The van der Waals surface area contributed by atoms with Gasteiger partial charge in [-0.2, -0.15) is 4.98 Å². The zero-order valence-corrected chi connectivity index (χ0v) is 18.4. The Hall–Kier alpha value is -2.81. The summed E-state index contributed by atoms with van der Waals surface area (Å²) < 4.78 is 5.43. The van der Waals surface area contributed by atoms with Crippen LogP contribution in [0, 0.1) is 12.8 Å². The van der Waals surface area contributed by atoms with Gasteiger partial charge in [-0.25, -0.2) is 9.97 Å². The van der Waals surface area contributed by atoms with E-state index in [1.54, 1.807) is 17.5 Å². The minimum Gasteiger partial charge on any atom is -0.356 e. The average Bonchev–Trinajstić information content (AvgIpc) is 3.45. The summed E-state index contributed by atoms with van der Waals surface area (Å²) in [5.74, 6) is 2.84. The van der Waals surface area contributed by atoms with E-state index in [9.17, 15) is 4.79 Å². The first-order chi connectivity index (χ1) is 14.5. The van der Waals surface area contributed by atoms with E-state index in [4.69, 9.17) is 4.52 Å². The van der Waals surface area contributed by atoms with E-state index in [0.29, 0.717) is 30.5 Å². The molecule has 0 bridgehead atoms. The van der Waals surface area contributed by atoms with Crippen LogP contribution in [0.25, 0.3) is 11.5 Å². The molecule has 0 aromatic carbocycles. The Morgan fingerprint density at radius 2 is 2.13 bits per heavy atom. The van der Waals surface area contributed by atoms with Crippen molar-refractivity contribution in [2.24, 2.45) is 5.92 Å². The van der Waals surface area contributed by atoms with Crippen molar-refractivity contribution in [3.63, 3.8) is 0 Å². The van der Waals surface area contributed by atoms with Crippen molar-refractivity contribution in [2.45, 2.75) is 39.7 Å². The van der Waals surface area contributed by atoms with Crippen molar-refractivity contribution >= 4 is 23.1 Å². The minimum atomic E-state index is 0.0349.